The molecule has 7 nitrogen and oxygen atoms in total. The van der Waals surface area contributed by atoms with Gasteiger partial charge >= 0.3 is 5.69 Å². The molecular weight excluding hydrogens is 504 g/mol. The number of ketones is 1. The smallest absolute Gasteiger partial charge is 0.330 e. The van der Waals surface area contributed by atoms with Crippen LogP contribution in [0.3, 0.4) is 0 Å². The van der Waals surface area contributed by atoms with Crippen LogP contribution in [0.1, 0.15) is 39.0 Å². The van der Waals surface area contributed by atoms with E-state index in [-0.39, 0.29) is 23.2 Å². The van der Waals surface area contributed by atoms with Gasteiger partial charge < -0.3 is 9.16 Å². The highest BCUT2D eigenvalue weighted by atomic mass is 32.1. The number of benzene rings is 2. The maximum Gasteiger partial charge on any atom is 0.330 e. The molecule has 4 rings (SSSR count). The maximum absolute atomic E-state index is 12.9. The van der Waals surface area contributed by atoms with Crippen LogP contribution in [0.4, 0.5) is 0 Å². The van der Waals surface area contributed by atoms with E-state index >= 15 is 0 Å². The topological polar surface area (TPSA) is 90.4 Å². The van der Waals surface area contributed by atoms with Crippen molar-refractivity contribution in [3.63, 3.8) is 0 Å². The summed E-state index contributed by atoms with van der Waals surface area (Å²) in [5, 5.41) is 2.03. The van der Waals surface area contributed by atoms with Gasteiger partial charge in [-0.15, -0.1) is 0 Å². The lowest BCUT2D eigenvalue weighted by Crippen LogP contribution is -2.67. The Morgan fingerprint density at radius 2 is 1.65 bits per heavy atom. The molecule has 1 N–H and O–H groups in total. The van der Waals surface area contributed by atoms with E-state index in [0.29, 0.717) is 12.0 Å². The van der Waals surface area contributed by atoms with E-state index in [1.165, 1.54) is 10.8 Å². The van der Waals surface area contributed by atoms with E-state index in [1.807, 2.05) is 36.4 Å². The number of thiol groups is 1. The van der Waals surface area contributed by atoms with Gasteiger partial charge in [0.15, 0.2) is 0 Å². The zero-order valence-electron chi connectivity index (χ0n) is 21.6. The van der Waals surface area contributed by atoms with Crippen molar-refractivity contribution in [3.05, 3.63) is 93.3 Å². The molecule has 0 spiro atoms. The van der Waals surface area contributed by atoms with Crippen molar-refractivity contribution in [2.75, 3.05) is 12.4 Å². The van der Waals surface area contributed by atoms with E-state index < -0.39 is 37.8 Å². The lowest BCUT2D eigenvalue weighted by atomic mass is 9.97. The van der Waals surface area contributed by atoms with Gasteiger partial charge in [-0.3, -0.25) is 19.1 Å². The van der Waals surface area contributed by atoms with Crippen LogP contribution < -0.4 is 21.6 Å². The normalized spacial score (nSPS) is 20.2. The van der Waals surface area contributed by atoms with Crippen molar-refractivity contribution >= 4 is 37.1 Å². The molecule has 0 aliphatic carbocycles. The molecule has 1 fully saturated rings. The quantitative estimate of drug-likeness (QED) is 0.340. The fourth-order valence-electron chi connectivity index (χ4n) is 5.28. The molecule has 3 atom stereocenters. The molecule has 0 radical (unpaired) electrons. The second-order valence-corrected chi connectivity index (χ2v) is 15.2. The number of nitrogens with zero attached hydrogens (tertiary/aromatic N) is 1. The second kappa shape index (κ2) is 10.9. The molecule has 1 saturated heterocycles. The number of Topliss-reactive ketones (excluding diaryl/α,β-unsaturated/α-hetero) is 1. The average Bonchev–Trinajstić information content (AvgIpc) is 3.30. The molecule has 1 aliphatic heterocycles. The highest BCUT2D eigenvalue weighted by Gasteiger charge is 2.51. The number of ether oxygens (including phenoxy) is 1. The third kappa shape index (κ3) is 5.31. The molecule has 2 heterocycles. The fraction of sp³-hybridized carbons (Fsp3) is 0.393. The monoisotopic (exact) mass is 538 g/mol. The van der Waals surface area contributed by atoms with Crippen LogP contribution in [0.5, 0.6) is 0 Å². The van der Waals surface area contributed by atoms with Gasteiger partial charge in [-0.25, -0.2) is 4.79 Å². The number of aromatic amines is 1. The molecular formula is C28H34N2O5SSi. The summed E-state index contributed by atoms with van der Waals surface area (Å²) in [6.45, 7) is 8.39. The van der Waals surface area contributed by atoms with Crippen molar-refractivity contribution in [2.24, 2.45) is 5.92 Å². The number of carbonyl (C=O) groups is 1. The minimum Gasteiger partial charge on any atom is -0.405 e. The molecule has 0 bridgehead atoms. The standard InChI is InChI=1S/C28H34N2O5SSi/c1-19-16-30(27(33)29-26(19)32)25-15-22(23(31)18-36)24(35-25)17-34-37(28(2,3)4,20-11-7-5-8-12-20)21-13-9-6-10-14-21/h5-14,16,22,24-25,36H,15,17-18H2,1-4H3,(H,29,32,33)/t22-,24-,25-/m1/s1. The van der Waals surface area contributed by atoms with Gasteiger partial charge in [0.1, 0.15) is 12.0 Å². The van der Waals surface area contributed by atoms with Crippen LogP contribution in [0.25, 0.3) is 0 Å². The van der Waals surface area contributed by atoms with Crippen LogP contribution >= 0.6 is 12.6 Å². The molecule has 0 amide bonds. The van der Waals surface area contributed by atoms with Crippen molar-refractivity contribution in [3.8, 4) is 0 Å². The molecule has 2 aromatic carbocycles. The van der Waals surface area contributed by atoms with E-state index in [2.05, 4.69) is 62.6 Å². The molecule has 9 heteroatoms. The van der Waals surface area contributed by atoms with Crippen LogP contribution in [0.2, 0.25) is 5.04 Å². The number of nitrogens with one attached hydrogen (secondary N) is 1. The molecule has 1 aromatic heterocycles. The number of hydrogen-bond acceptors (Lipinski definition) is 6. The van der Waals surface area contributed by atoms with Crippen LogP contribution in [0.15, 0.2) is 76.4 Å². The number of aryl methyl sites for hydroxylation is 1. The molecule has 37 heavy (non-hydrogen) atoms. The van der Waals surface area contributed by atoms with Gasteiger partial charge in [0.2, 0.25) is 0 Å². The highest BCUT2D eigenvalue weighted by molar-refractivity contribution is 7.81. The van der Waals surface area contributed by atoms with Crippen LogP contribution in [0, 0.1) is 12.8 Å². The molecule has 0 unspecified atom stereocenters. The van der Waals surface area contributed by atoms with Crippen LogP contribution in [-0.4, -0.2) is 42.1 Å². The third-order valence-electron chi connectivity index (χ3n) is 7.14. The van der Waals surface area contributed by atoms with Gasteiger partial charge in [-0.05, 0) is 22.3 Å². The summed E-state index contributed by atoms with van der Waals surface area (Å²) in [6, 6.07) is 20.5. The Bertz CT molecular complexity index is 1310. The van der Waals surface area contributed by atoms with Crippen molar-refractivity contribution in [1.29, 1.82) is 0 Å². The Morgan fingerprint density at radius 3 is 2.16 bits per heavy atom. The van der Waals surface area contributed by atoms with Crippen molar-refractivity contribution < 1.29 is 14.0 Å². The summed E-state index contributed by atoms with van der Waals surface area (Å²) in [5.41, 5.74) is -0.604. The minimum absolute atomic E-state index is 0.0592. The number of aromatic nitrogens is 2. The first kappa shape index (κ1) is 27.3. The number of rotatable bonds is 8. The second-order valence-electron chi connectivity index (χ2n) is 10.5. The Balaban J connectivity index is 1.73. The van der Waals surface area contributed by atoms with E-state index in [4.69, 9.17) is 9.16 Å². The summed E-state index contributed by atoms with van der Waals surface area (Å²) in [4.78, 5) is 39.7. The number of carbonyl (C=O) groups excluding carboxylic acids is 1. The van der Waals surface area contributed by atoms with Crippen LogP contribution in [-0.2, 0) is 14.0 Å². The fourth-order valence-corrected chi connectivity index (χ4v) is 10.1. The largest absolute Gasteiger partial charge is 0.405 e. The summed E-state index contributed by atoms with van der Waals surface area (Å²) in [5.74, 6) is -0.480. The summed E-state index contributed by atoms with van der Waals surface area (Å²) >= 11 is 4.23. The van der Waals surface area contributed by atoms with Gasteiger partial charge in [0.05, 0.1) is 18.6 Å². The number of H-pyrrole nitrogens is 1. The van der Waals surface area contributed by atoms with Gasteiger partial charge in [0.25, 0.3) is 13.9 Å². The molecule has 196 valence electrons. The summed E-state index contributed by atoms with van der Waals surface area (Å²) < 4.78 is 14.7. The summed E-state index contributed by atoms with van der Waals surface area (Å²) in [7, 11) is -2.85. The van der Waals surface area contributed by atoms with Gasteiger partial charge in [-0.1, -0.05) is 81.4 Å². The van der Waals surface area contributed by atoms with Gasteiger partial charge in [0, 0.05) is 23.9 Å². The first-order valence-corrected chi connectivity index (χ1v) is 15.0. The molecule has 3 aromatic rings. The van der Waals surface area contributed by atoms with E-state index in [0.717, 1.165) is 10.4 Å². The number of hydrogen-bond donors (Lipinski definition) is 2. The Morgan fingerprint density at radius 1 is 1.08 bits per heavy atom. The predicted molar refractivity (Wildman–Crippen MR) is 151 cm³/mol. The zero-order valence-corrected chi connectivity index (χ0v) is 23.5. The van der Waals surface area contributed by atoms with Crippen molar-refractivity contribution in [2.45, 2.75) is 51.5 Å². The van der Waals surface area contributed by atoms with E-state index in [9.17, 15) is 14.4 Å². The van der Waals surface area contributed by atoms with Crippen molar-refractivity contribution in [1.82, 2.24) is 9.55 Å². The lowest BCUT2D eigenvalue weighted by Gasteiger charge is -2.43. The lowest BCUT2D eigenvalue weighted by molar-refractivity contribution is -0.122. The minimum atomic E-state index is -2.85. The first-order chi connectivity index (χ1) is 17.6. The van der Waals surface area contributed by atoms with Gasteiger partial charge in [-0.2, -0.15) is 12.6 Å². The average molecular weight is 539 g/mol. The predicted octanol–water partition coefficient (Wildman–Crippen LogP) is 2.82. The Kier molecular flexibility index (Phi) is 8.08. The molecule has 1 aliphatic rings. The Hall–Kier alpha value is -2.72. The SMILES string of the molecule is Cc1cn([C@H]2C[C@H](C(=O)CS)[C@@H](CO[Si](c3ccccc3)(c3ccccc3)C(C)(C)C)O2)c(=O)[nH]c1=O. The third-order valence-corrected chi connectivity index (χ3v) is 12.5. The maximum atomic E-state index is 12.9. The van der Waals surface area contributed by atoms with E-state index in [1.54, 1.807) is 6.92 Å². The zero-order chi connectivity index (χ0) is 26.8. The first-order valence-electron chi connectivity index (χ1n) is 12.4. The molecule has 0 saturated carbocycles. The summed E-state index contributed by atoms with van der Waals surface area (Å²) in [6.07, 6.45) is 0.536. The highest BCUT2D eigenvalue weighted by Crippen LogP contribution is 2.39. The Labute approximate surface area is 223 Å².